The molecule has 1 aromatic rings. The number of primary amides is 1. The second-order valence-electron chi connectivity index (χ2n) is 4.47. The van der Waals surface area contributed by atoms with Crippen molar-refractivity contribution in [2.45, 2.75) is 11.8 Å². The monoisotopic (exact) mass is 310 g/mol. The number of benzene rings is 1. The molecular weight excluding hydrogens is 296 g/mol. The molecule has 1 aliphatic heterocycles. The summed E-state index contributed by atoms with van der Waals surface area (Å²) >= 11 is 3.36. The van der Waals surface area contributed by atoms with Crippen LogP contribution in [0.1, 0.15) is 22.3 Å². The van der Waals surface area contributed by atoms with E-state index in [1.165, 1.54) is 0 Å². The molecule has 1 aromatic carbocycles. The zero-order valence-electron chi connectivity index (χ0n) is 9.93. The fraction of sp³-hybridized carbons (Fsp3) is 0.385. The first-order valence-corrected chi connectivity index (χ1v) is 6.97. The molecule has 1 saturated heterocycles. The zero-order valence-corrected chi connectivity index (χ0v) is 11.5. The second-order valence-corrected chi connectivity index (χ2v) is 5.03. The Kier molecular flexibility index (Phi) is 4.01. The number of halogens is 1. The number of rotatable bonds is 3. The topological polar surface area (TPSA) is 63.4 Å². The van der Waals surface area contributed by atoms with Crippen molar-refractivity contribution in [3.05, 3.63) is 35.4 Å². The Morgan fingerprint density at radius 2 is 2.00 bits per heavy atom. The van der Waals surface area contributed by atoms with E-state index < -0.39 is 0 Å². The third kappa shape index (κ3) is 2.72. The number of nitrogens with zero attached hydrogens (tertiary/aromatic N) is 1. The van der Waals surface area contributed by atoms with Crippen LogP contribution in [0.3, 0.4) is 0 Å². The number of hydrogen-bond acceptors (Lipinski definition) is 2. The van der Waals surface area contributed by atoms with Crippen LogP contribution in [-0.4, -0.2) is 29.8 Å². The second kappa shape index (κ2) is 5.52. The van der Waals surface area contributed by atoms with Gasteiger partial charge in [0, 0.05) is 24.0 Å². The summed E-state index contributed by atoms with van der Waals surface area (Å²) in [5.74, 6) is -0.546. The van der Waals surface area contributed by atoms with Crippen LogP contribution in [0.5, 0.6) is 0 Å². The van der Waals surface area contributed by atoms with Gasteiger partial charge in [0.05, 0.1) is 5.92 Å². The van der Waals surface area contributed by atoms with E-state index in [1.807, 2.05) is 24.3 Å². The number of hydrogen-bond donors (Lipinski definition) is 1. The molecule has 1 atom stereocenters. The van der Waals surface area contributed by atoms with Gasteiger partial charge in [0.15, 0.2) is 0 Å². The van der Waals surface area contributed by atoms with Gasteiger partial charge < -0.3 is 10.6 Å². The van der Waals surface area contributed by atoms with E-state index in [0.717, 1.165) is 10.9 Å². The van der Waals surface area contributed by atoms with E-state index in [2.05, 4.69) is 15.9 Å². The number of alkyl halides is 1. The minimum absolute atomic E-state index is 0.0279. The Balaban J connectivity index is 2.05. The highest BCUT2D eigenvalue weighted by Gasteiger charge is 2.29. The molecule has 4 nitrogen and oxygen atoms in total. The van der Waals surface area contributed by atoms with Crippen molar-refractivity contribution in [3.63, 3.8) is 0 Å². The maximum absolute atomic E-state index is 12.2. The first kappa shape index (κ1) is 13.1. The Morgan fingerprint density at radius 3 is 2.50 bits per heavy atom. The number of likely N-dealkylation sites (tertiary alicyclic amines) is 1. The van der Waals surface area contributed by atoms with Crippen LogP contribution >= 0.6 is 15.9 Å². The van der Waals surface area contributed by atoms with Gasteiger partial charge in [0.2, 0.25) is 5.91 Å². The lowest BCUT2D eigenvalue weighted by Crippen LogP contribution is -2.31. The molecule has 1 unspecified atom stereocenters. The lowest BCUT2D eigenvalue weighted by Gasteiger charge is -2.16. The third-order valence-corrected chi connectivity index (χ3v) is 3.88. The van der Waals surface area contributed by atoms with Gasteiger partial charge in [-0.3, -0.25) is 9.59 Å². The fourth-order valence-corrected chi connectivity index (χ4v) is 2.47. The van der Waals surface area contributed by atoms with Gasteiger partial charge in [-0.15, -0.1) is 0 Å². The van der Waals surface area contributed by atoms with E-state index in [9.17, 15) is 9.59 Å². The van der Waals surface area contributed by atoms with Gasteiger partial charge >= 0.3 is 0 Å². The van der Waals surface area contributed by atoms with Gasteiger partial charge in [0.1, 0.15) is 0 Å². The predicted octanol–water partition coefficient (Wildman–Crippen LogP) is 1.53. The van der Waals surface area contributed by atoms with Crippen LogP contribution in [0.15, 0.2) is 24.3 Å². The largest absolute Gasteiger partial charge is 0.369 e. The molecule has 5 heteroatoms. The van der Waals surface area contributed by atoms with Crippen molar-refractivity contribution >= 4 is 27.7 Å². The normalized spacial score (nSPS) is 18.9. The molecule has 0 aromatic heterocycles. The summed E-state index contributed by atoms with van der Waals surface area (Å²) in [6.07, 6.45) is 0.667. The minimum atomic E-state index is -0.320. The Labute approximate surface area is 114 Å². The maximum atomic E-state index is 12.2. The van der Waals surface area contributed by atoms with Gasteiger partial charge in [-0.25, -0.2) is 0 Å². The molecule has 2 rings (SSSR count). The molecule has 0 saturated carbocycles. The Hall–Kier alpha value is -1.36. The smallest absolute Gasteiger partial charge is 0.253 e. The van der Waals surface area contributed by atoms with Gasteiger partial charge in [-0.1, -0.05) is 28.1 Å². The van der Waals surface area contributed by atoms with Crippen molar-refractivity contribution < 1.29 is 9.59 Å². The van der Waals surface area contributed by atoms with E-state index in [0.29, 0.717) is 25.1 Å². The molecule has 1 aliphatic rings. The summed E-state index contributed by atoms with van der Waals surface area (Å²) in [6, 6.07) is 7.47. The molecule has 2 N–H and O–H groups in total. The molecule has 18 heavy (non-hydrogen) atoms. The van der Waals surface area contributed by atoms with E-state index >= 15 is 0 Å². The molecule has 0 spiro atoms. The minimum Gasteiger partial charge on any atom is -0.369 e. The van der Waals surface area contributed by atoms with Gasteiger partial charge in [0.25, 0.3) is 5.91 Å². The average Bonchev–Trinajstić information content (AvgIpc) is 2.88. The number of amides is 2. The molecule has 0 radical (unpaired) electrons. The lowest BCUT2D eigenvalue weighted by atomic mass is 10.1. The molecule has 1 heterocycles. The van der Waals surface area contributed by atoms with E-state index in [4.69, 9.17) is 5.73 Å². The number of carbonyl (C=O) groups excluding carboxylic acids is 2. The molecule has 96 valence electrons. The van der Waals surface area contributed by atoms with Crippen molar-refractivity contribution in [2.24, 2.45) is 11.7 Å². The van der Waals surface area contributed by atoms with Crippen LogP contribution in [0.2, 0.25) is 0 Å². The highest BCUT2D eigenvalue weighted by molar-refractivity contribution is 9.08. The molecule has 0 bridgehead atoms. The summed E-state index contributed by atoms with van der Waals surface area (Å²) in [6.45, 7) is 1.04. The van der Waals surface area contributed by atoms with Crippen molar-refractivity contribution in [1.29, 1.82) is 0 Å². The molecular formula is C13H15BrN2O2. The lowest BCUT2D eigenvalue weighted by molar-refractivity contribution is -0.121. The van der Waals surface area contributed by atoms with Gasteiger partial charge in [-0.2, -0.15) is 0 Å². The van der Waals surface area contributed by atoms with Crippen LogP contribution in [0.25, 0.3) is 0 Å². The van der Waals surface area contributed by atoms with Crippen molar-refractivity contribution in [2.75, 3.05) is 13.1 Å². The predicted molar refractivity (Wildman–Crippen MR) is 72.3 cm³/mol. The first-order chi connectivity index (χ1) is 8.61. The fourth-order valence-electron chi connectivity index (χ4n) is 2.10. The first-order valence-electron chi connectivity index (χ1n) is 5.85. The maximum Gasteiger partial charge on any atom is 0.253 e. The molecule has 2 amide bonds. The SMILES string of the molecule is NC(=O)C1CCN(C(=O)c2ccc(CBr)cc2)C1. The summed E-state index contributed by atoms with van der Waals surface area (Å²) in [4.78, 5) is 24.9. The van der Waals surface area contributed by atoms with Crippen LogP contribution in [-0.2, 0) is 10.1 Å². The zero-order chi connectivity index (χ0) is 13.1. The summed E-state index contributed by atoms with van der Waals surface area (Å²) in [7, 11) is 0. The quantitative estimate of drug-likeness (QED) is 0.861. The summed E-state index contributed by atoms with van der Waals surface area (Å²) in [5.41, 5.74) is 7.04. The van der Waals surface area contributed by atoms with Gasteiger partial charge in [-0.05, 0) is 24.1 Å². The summed E-state index contributed by atoms with van der Waals surface area (Å²) < 4.78 is 0. The van der Waals surface area contributed by atoms with E-state index in [-0.39, 0.29) is 17.7 Å². The average molecular weight is 311 g/mol. The van der Waals surface area contributed by atoms with Crippen molar-refractivity contribution in [3.8, 4) is 0 Å². The molecule has 0 aliphatic carbocycles. The third-order valence-electron chi connectivity index (χ3n) is 3.23. The molecule has 1 fully saturated rings. The van der Waals surface area contributed by atoms with Crippen LogP contribution < -0.4 is 5.73 Å². The van der Waals surface area contributed by atoms with E-state index in [1.54, 1.807) is 4.90 Å². The van der Waals surface area contributed by atoms with Crippen LogP contribution in [0.4, 0.5) is 0 Å². The Morgan fingerprint density at radius 1 is 1.33 bits per heavy atom. The number of nitrogens with two attached hydrogens (primary N) is 1. The Bertz CT molecular complexity index is 459. The standard InChI is InChI=1S/C13H15BrN2O2/c14-7-9-1-3-10(4-2-9)13(18)16-6-5-11(8-16)12(15)17/h1-4,11H,5-8H2,(H2,15,17). The van der Waals surface area contributed by atoms with Crippen molar-refractivity contribution in [1.82, 2.24) is 4.90 Å². The highest BCUT2D eigenvalue weighted by atomic mass is 79.9. The van der Waals surface area contributed by atoms with Crippen LogP contribution in [0, 0.1) is 5.92 Å². The number of carbonyl (C=O) groups is 2. The summed E-state index contributed by atoms with van der Waals surface area (Å²) in [5, 5.41) is 0.773. The highest BCUT2D eigenvalue weighted by Crippen LogP contribution is 2.19.